The highest BCUT2D eigenvalue weighted by Gasteiger charge is 2.15. The first-order chi connectivity index (χ1) is 12.7. The Labute approximate surface area is 162 Å². The van der Waals surface area contributed by atoms with Gasteiger partial charge in [-0.3, -0.25) is 0 Å². The summed E-state index contributed by atoms with van der Waals surface area (Å²) in [6, 6.07) is 6.06. The summed E-state index contributed by atoms with van der Waals surface area (Å²) in [7, 11) is 1.67. The molecule has 7 heteroatoms. The monoisotopic (exact) mass is 378 g/mol. The van der Waals surface area contributed by atoms with Gasteiger partial charge in [-0.25, -0.2) is 9.79 Å². The molecule has 3 N–H and O–H groups in total. The molecule has 0 heterocycles. The maximum absolute atomic E-state index is 11.6. The van der Waals surface area contributed by atoms with E-state index in [1.54, 1.807) is 7.11 Å². The number of nitrogens with zero attached hydrogens (tertiary/aromatic N) is 1. The number of hydrogen-bond donors (Lipinski definition) is 3. The summed E-state index contributed by atoms with van der Waals surface area (Å²) in [5, 5.41) is 9.24. The Balaban J connectivity index is 2.41. The van der Waals surface area contributed by atoms with E-state index < -0.39 is 11.7 Å². The van der Waals surface area contributed by atoms with E-state index in [1.165, 1.54) is 0 Å². The molecule has 0 saturated heterocycles. The normalized spacial score (nSPS) is 11.7. The van der Waals surface area contributed by atoms with E-state index in [1.807, 2.05) is 46.8 Å². The third-order valence-electron chi connectivity index (χ3n) is 3.54. The molecule has 0 spiro atoms. The topological polar surface area (TPSA) is 84.0 Å². The molecule has 0 radical (unpaired) electrons. The Morgan fingerprint density at radius 2 is 1.85 bits per heavy atom. The first-order valence-corrected chi connectivity index (χ1v) is 9.37. The van der Waals surface area contributed by atoms with Crippen molar-refractivity contribution < 1.29 is 14.3 Å². The summed E-state index contributed by atoms with van der Waals surface area (Å²) < 4.78 is 10.5. The Bertz CT molecular complexity index is 624. The van der Waals surface area contributed by atoms with Crippen LogP contribution in [0.1, 0.15) is 45.2 Å². The largest absolute Gasteiger partial charge is 0.496 e. The van der Waals surface area contributed by atoms with Gasteiger partial charge in [0.05, 0.1) is 13.7 Å². The molecule has 0 atom stereocenters. The fourth-order valence-corrected chi connectivity index (χ4v) is 2.35. The average molecular weight is 379 g/mol. The van der Waals surface area contributed by atoms with Crippen LogP contribution in [0, 0.1) is 6.92 Å². The molecule has 0 bridgehead atoms. The highest BCUT2D eigenvalue weighted by atomic mass is 16.6. The summed E-state index contributed by atoms with van der Waals surface area (Å²) in [6.07, 6.45) is 0.378. The van der Waals surface area contributed by atoms with Gasteiger partial charge in [0.2, 0.25) is 0 Å². The number of nitrogens with one attached hydrogen (secondary N) is 3. The van der Waals surface area contributed by atoms with Crippen molar-refractivity contribution in [1.82, 2.24) is 16.0 Å². The van der Waals surface area contributed by atoms with Crippen LogP contribution in [0.15, 0.2) is 23.2 Å². The number of hydrogen-bond acceptors (Lipinski definition) is 4. The molecule has 1 aromatic carbocycles. The quantitative estimate of drug-likeness (QED) is 0.368. The molecular weight excluding hydrogens is 344 g/mol. The summed E-state index contributed by atoms with van der Waals surface area (Å²) >= 11 is 0. The molecule has 0 aromatic heterocycles. The second kappa shape index (κ2) is 11.3. The molecule has 0 aliphatic carbocycles. The molecule has 0 aliphatic rings. The predicted molar refractivity (Wildman–Crippen MR) is 109 cm³/mol. The Morgan fingerprint density at radius 3 is 2.44 bits per heavy atom. The zero-order chi connectivity index (χ0) is 20.3. The number of amides is 1. The number of alkyl carbamates (subject to hydrolysis) is 1. The van der Waals surface area contributed by atoms with Gasteiger partial charge in [0.15, 0.2) is 5.96 Å². The van der Waals surface area contributed by atoms with Gasteiger partial charge in [-0.05, 0) is 58.2 Å². The third-order valence-corrected chi connectivity index (χ3v) is 3.54. The van der Waals surface area contributed by atoms with Crippen molar-refractivity contribution in [3.05, 3.63) is 29.3 Å². The summed E-state index contributed by atoms with van der Waals surface area (Å²) in [4.78, 5) is 16.2. The number of ether oxygens (including phenoxy) is 2. The summed E-state index contributed by atoms with van der Waals surface area (Å²) in [5.74, 6) is 1.63. The van der Waals surface area contributed by atoms with Gasteiger partial charge in [0.1, 0.15) is 11.4 Å². The molecule has 1 aromatic rings. The molecule has 0 saturated carbocycles. The van der Waals surface area contributed by atoms with Crippen LogP contribution in [0.25, 0.3) is 0 Å². The number of carbonyl (C=O) groups is 1. The zero-order valence-electron chi connectivity index (χ0n) is 17.4. The van der Waals surface area contributed by atoms with Crippen LogP contribution in [0.2, 0.25) is 0 Å². The number of aliphatic imine (C=N–C) groups is 1. The van der Waals surface area contributed by atoms with Crippen molar-refractivity contribution in [2.45, 2.75) is 53.2 Å². The second-order valence-corrected chi connectivity index (χ2v) is 7.21. The molecular formula is C20H34N4O3. The van der Waals surface area contributed by atoms with E-state index in [0.717, 1.165) is 35.8 Å². The number of guanidine groups is 1. The van der Waals surface area contributed by atoms with Gasteiger partial charge in [-0.2, -0.15) is 0 Å². The van der Waals surface area contributed by atoms with Gasteiger partial charge >= 0.3 is 6.09 Å². The van der Waals surface area contributed by atoms with Crippen LogP contribution in [-0.4, -0.2) is 44.4 Å². The number of benzene rings is 1. The Hall–Kier alpha value is -2.44. The van der Waals surface area contributed by atoms with Crippen LogP contribution in [0.3, 0.4) is 0 Å². The highest BCUT2D eigenvalue weighted by Crippen LogP contribution is 2.18. The van der Waals surface area contributed by atoms with E-state index in [2.05, 4.69) is 27.0 Å². The van der Waals surface area contributed by atoms with Crippen molar-refractivity contribution in [3.63, 3.8) is 0 Å². The lowest BCUT2D eigenvalue weighted by molar-refractivity contribution is 0.0527. The van der Waals surface area contributed by atoms with Gasteiger partial charge in [0.25, 0.3) is 0 Å². The van der Waals surface area contributed by atoms with Crippen LogP contribution in [0.5, 0.6) is 5.75 Å². The van der Waals surface area contributed by atoms with Gasteiger partial charge < -0.3 is 25.4 Å². The van der Waals surface area contributed by atoms with Crippen LogP contribution < -0.4 is 20.7 Å². The number of methoxy groups -OCH3 is 1. The van der Waals surface area contributed by atoms with E-state index in [9.17, 15) is 4.79 Å². The lowest BCUT2D eigenvalue weighted by Crippen LogP contribution is -2.39. The maximum Gasteiger partial charge on any atom is 0.407 e. The third kappa shape index (κ3) is 9.72. The SMILES string of the molecule is CCNC(=NCc1ccc(OC)c(C)c1)NCCCNC(=O)OC(C)(C)C. The van der Waals surface area contributed by atoms with Crippen molar-refractivity contribution in [2.24, 2.45) is 4.99 Å². The minimum absolute atomic E-state index is 0.391. The molecule has 27 heavy (non-hydrogen) atoms. The van der Waals surface area contributed by atoms with Gasteiger partial charge in [-0.1, -0.05) is 12.1 Å². The molecule has 1 amide bonds. The lowest BCUT2D eigenvalue weighted by Gasteiger charge is -2.19. The molecule has 0 aliphatic heterocycles. The minimum Gasteiger partial charge on any atom is -0.496 e. The van der Waals surface area contributed by atoms with Crippen LogP contribution >= 0.6 is 0 Å². The highest BCUT2D eigenvalue weighted by molar-refractivity contribution is 5.79. The Kier molecular flexibility index (Phi) is 9.47. The summed E-state index contributed by atoms with van der Waals surface area (Å²) in [6.45, 7) is 12.2. The van der Waals surface area contributed by atoms with E-state index >= 15 is 0 Å². The van der Waals surface area contributed by atoms with Crippen molar-refractivity contribution in [3.8, 4) is 5.75 Å². The van der Waals surface area contributed by atoms with Crippen molar-refractivity contribution in [1.29, 1.82) is 0 Å². The van der Waals surface area contributed by atoms with E-state index in [0.29, 0.717) is 19.6 Å². The van der Waals surface area contributed by atoms with E-state index in [-0.39, 0.29) is 0 Å². The van der Waals surface area contributed by atoms with Crippen molar-refractivity contribution in [2.75, 3.05) is 26.7 Å². The molecule has 7 nitrogen and oxygen atoms in total. The zero-order valence-corrected chi connectivity index (χ0v) is 17.4. The lowest BCUT2D eigenvalue weighted by atomic mass is 10.1. The van der Waals surface area contributed by atoms with Crippen molar-refractivity contribution >= 4 is 12.1 Å². The number of rotatable bonds is 8. The molecule has 152 valence electrons. The number of aryl methyl sites for hydroxylation is 1. The minimum atomic E-state index is -0.479. The molecule has 1 rings (SSSR count). The van der Waals surface area contributed by atoms with E-state index in [4.69, 9.17) is 9.47 Å². The smallest absolute Gasteiger partial charge is 0.407 e. The van der Waals surface area contributed by atoms with Gasteiger partial charge in [-0.15, -0.1) is 0 Å². The first-order valence-electron chi connectivity index (χ1n) is 9.37. The van der Waals surface area contributed by atoms with Gasteiger partial charge in [0, 0.05) is 19.6 Å². The summed E-state index contributed by atoms with van der Waals surface area (Å²) in [5.41, 5.74) is 1.74. The number of carbonyl (C=O) groups excluding carboxylic acids is 1. The predicted octanol–water partition coefficient (Wildman–Crippen LogP) is 2.97. The molecule has 0 fully saturated rings. The fraction of sp³-hybridized carbons (Fsp3) is 0.600. The average Bonchev–Trinajstić information content (AvgIpc) is 2.57. The standard InChI is InChI=1S/C20H34N4O3/c1-7-21-18(22-11-8-12-23-19(25)27-20(3,4)5)24-14-16-9-10-17(26-6)15(2)13-16/h9-10,13H,7-8,11-12,14H2,1-6H3,(H,23,25)(H2,21,22,24). The maximum atomic E-state index is 11.6. The van der Waals surface area contributed by atoms with Crippen LogP contribution in [0.4, 0.5) is 4.79 Å². The fourth-order valence-electron chi connectivity index (χ4n) is 2.35. The molecule has 0 unspecified atom stereocenters. The van der Waals surface area contributed by atoms with Crippen LogP contribution in [-0.2, 0) is 11.3 Å². The first kappa shape index (κ1) is 22.6. The Morgan fingerprint density at radius 1 is 1.15 bits per heavy atom. The second-order valence-electron chi connectivity index (χ2n) is 7.21.